The lowest BCUT2D eigenvalue weighted by Crippen LogP contribution is -2.66. The molecule has 0 radical (unpaired) electrons. The molecule has 3 fully saturated rings. The van der Waals surface area contributed by atoms with Gasteiger partial charge in [-0.15, -0.1) is 0 Å². The Hall–Kier alpha value is -3.03. The maximum absolute atomic E-state index is 13.5. The molecule has 0 spiro atoms. The summed E-state index contributed by atoms with van der Waals surface area (Å²) < 4.78 is 34.5. The highest BCUT2D eigenvalue weighted by Crippen LogP contribution is 2.33. The van der Waals surface area contributed by atoms with Crippen LogP contribution in [0.15, 0.2) is 85.1 Å². The Morgan fingerprint density at radius 3 is 1.04 bits per heavy atom. The Bertz CT molecular complexity index is 2210. The summed E-state index contributed by atoms with van der Waals surface area (Å²) >= 11 is 0. The zero-order chi connectivity index (χ0) is 75.3. The van der Waals surface area contributed by atoms with Crippen molar-refractivity contribution >= 4 is 5.91 Å². The van der Waals surface area contributed by atoms with Crippen molar-refractivity contribution in [3.8, 4) is 0 Å². The molecular weight excluding hydrogens is 1320 g/mol. The maximum Gasteiger partial charge on any atom is 0.220 e. The number of allylic oxidation sites excluding steroid dienone is 13. The quantitative estimate of drug-likeness (QED) is 0.0199. The summed E-state index contributed by atoms with van der Waals surface area (Å²) in [4.78, 5) is 13.5. The number of nitrogens with one attached hydrogen (secondary N) is 1. The smallest absolute Gasteiger partial charge is 0.220 e. The van der Waals surface area contributed by atoms with Gasteiger partial charge in [0.2, 0.25) is 5.91 Å². The minimum absolute atomic E-state index is 0.241. The van der Waals surface area contributed by atoms with Crippen molar-refractivity contribution in [3.63, 3.8) is 0 Å². The van der Waals surface area contributed by atoms with Gasteiger partial charge in [0.25, 0.3) is 0 Å². The molecule has 3 aliphatic rings. The van der Waals surface area contributed by atoms with Gasteiger partial charge in [-0.25, -0.2) is 0 Å². The van der Waals surface area contributed by atoms with Gasteiger partial charge in [-0.05, 0) is 70.6 Å². The monoisotopic (exact) mass is 1470 g/mol. The number of carbonyl (C=O) groups is 1. The van der Waals surface area contributed by atoms with Crippen LogP contribution in [0.5, 0.6) is 0 Å². The number of carbonyl (C=O) groups excluding carboxylic acids is 1. The summed E-state index contributed by atoms with van der Waals surface area (Å²) in [5.74, 6) is -0.274. The highest BCUT2D eigenvalue weighted by molar-refractivity contribution is 5.76. The first-order valence-corrected chi connectivity index (χ1v) is 41.8. The van der Waals surface area contributed by atoms with E-state index in [0.717, 1.165) is 83.5 Å². The molecular formula is C85H151NO18. The van der Waals surface area contributed by atoms with Crippen molar-refractivity contribution in [2.75, 3.05) is 26.4 Å². The molecule has 3 rings (SSSR count). The molecule has 0 saturated carbocycles. The van der Waals surface area contributed by atoms with Gasteiger partial charge >= 0.3 is 0 Å². The molecule has 3 saturated heterocycles. The van der Waals surface area contributed by atoms with Crippen LogP contribution in [0.3, 0.4) is 0 Å². The third-order valence-electron chi connectivity index (χ3n) is 20.4. The van der Waals surface area contributed by atoms with Crippen LogP contribution in [0.1, 0.15) is 316 Å². The average molecular weight is 1480 g/mol. The van der Waals surface area contributed by atoms with E-state index in [-0.39, 0.29) is 18.9 Å². The summed E-state index contributed by atoms with van der Waals surface area (Å²) in [6.07, 6.45) is 59.9. The second kappa shape index (κ2) is 64.8. The van der Waals surface area contributed by atoms with Gasteiger partial charge in [-0.3, -0.25) is 4.79 Å². The lowest BCUT2D eigenvalue weighted by Gasteiger charge is -2.48. The van der Waals surface area contributed by atoms with E-state index in [1.165, 1.54) is 205 Å². The highest BCUT2D eigenvalue weighted by Gasteiger charge is 2.54. The number of hydrogen-bond acceptors (Lipinski definition) is 18. The number of amides is 1. The first-order valence-electron chi connectivity index (χ1n) is 41.8. The van der Waals surface area contributed by atoms with Gasteiger partial charge < -0.3 is 89.9 Å². The van der Waals surface area contributed by atoms with E-state index in [2.05, 4.69) is 92.1 Å². The van der Waals surface area contributed by atoms with Gasteiger partial charge in [-0.2, -0.15) is 0 Å². The van der Waals surface area contributed by atoms with Crippen molar-refractivity contribution in [1.29, 1.82) is 0 Å². The van der Waals surface area contributed by atoms with Crippen molar-refractivity contribution < 1.29 is 89.4 Å². The molecule has 0 bridgehead atoms. The van der Waals surface area contributed by atoms with Crippen LogP contribution in [0, 0.1) is 0 Å². The molecule has 17 atom stereocenters. The number of aliphatic hydroxyl groups excluding tert-OH is 11. The summed E-state index contributed by atoms with van der Waals surface area (Å²) in [6.45, 7) is 1.66. The normalized spacial score (nSPS) is 26.3. The fourth-order valence-corrected chi connectivity index (χ4v) is 13.8. The fraction of sp³-hybridized carbons (Fsp3) is 0.824. The molecule has 0 aliphatic carbocycles. The van der Waals surface area contributed by atoms with Gasteiger partial charge in [0.05, 0.1) is 38.6 Å². The lowest BCUT2D eigenvalue weighted by atomic mass is 9.96. The second-order valence-corrected chi connectivity index (χ2v) is 29.6. The van der Waals surface area contributed by atoms with Crippen LogP contribution >= 0.6 is 0 Å². The van der Waals surface area contributed by atoms with Gasteiger partial charge in [-0.1, -0.05) is 324 Å². The predicted octanol–water partition coefficient (Wildman–Crippen LogP) is 14.6. The van der Waals surface area contributed by atoms with E-state index < -0.39 is 124 Å². The Kier molecular flexibility index (Phi) is 59.3. The molecule has 104 heavy (non-hydrogen) atoms. The Labute approximate surface area is 629 Å². The zero-order valence-corrected chi connectivity index (χ0v) is 64.7. The van der Waals surface area contributed by atoms with Crippen LogP contribution in [-0.4, -0.2) is 193 Å². The second-order valence-electron chi connectivity index (χ2n) is 29.6. The van der Waals surface area contributed by atoms with Gasteiger partial charge in [0.1, 0.15) is 73.2 Å². The van der Waals surface area contributed by atoms with Crippen LogP contribution in [-0.2, 0) is 33.2 Å². The average Bonchev–Trinajstić information content (AvgIpc) is 0.783. The van der Waals surface area contributed by atoms with Crippen molar-refractivity contribution in [3.05, 3.63) is 85.1 Å². The van der Waals surface area contributed by atoms with E-state index >= 15 is 0 Å². The number of hydrogen-bond donors (Lipinski definition) is 12. The third kappa shape index (κ3) is 44.0. The molecule has 0 aromatic rings. The minimum atomic E-state index is -1.98. The van der Waals surface area contributed by atoms with Crippen molar-refractivity contribution in [1.82, 2.24) is 5.32 Å². The topological polar surface area (TPSA) is 307 Å². The number of rotatable bonds is 66. The third-order valence-corrected chi connectivity index (χ3v) is 20.4. The Morgan fingerprint density at radius 2 is 0.663 bits per heavy atom. The molecule has 19 heteroatoms. The number of ether oxygens (including phenoxy) is 6. The molecule has 0 aromatic heterocycles. The summed E-state index contributed by atoms with van der Waals surface area (Å²) in [5.41, 5.74) is 0. The van der Waals surface area contributed by atoms with Crippen molar-refractivity contribution in [2.24, 2.45) is 0 Å². The molecule has 1 amide bonds. The molecule has 19 nitrogen and oxygen atoms in total. The minimum Gasteiger partial charge on any atom is -0.394 e. The first-order chi connectivity index (χ1) is 50.8. The summed E-state index contributed by atoms with van der Waals surface area (Å²) in [6, 6.07) is -0.978. The number of aliphatic hydroxyl groups is 11. The largest absolute Gasteiger partial charge is 0.394 e. The Balaban J connectivity index is 1.35. The molecule has 12 N–H and O–H groups in total. The highest BCUT2D eigenvalue weighted by atomic mass is 16.8. The summed E-state index contributed by atoms with van der Waals surface area (Å²) in [5, 5.41) is 121. The predicted molar refractivity (Wildman–Crippen MR) is 415 cm³/mol. The van der Waals surface area contributed by atoms with E-state index in [1.807, 2.05) is 6.08 Å². The molecule has 17 unspecified atom stereocenters. The molecule has 3 aliphatic heterocycles. The van der Waals surface area contributed by atoms with Gasteiger partial charge in [0, 0.05) is 6.42 Å². The van der Waals surface area contributed by atoms with Gasteiger partial charge in [0.15, 0.2) is 18.9 Å². The van der Waals surface area contributed by atoms with E-state index in [0.29, 0.717) is 6.42 Å². The van der Waals surface area contributed by atoms with E-state index in [9.17, 15) is 61.0 Å². The SMILES string of the molecule is CC/C=C\C/C=C\C/C=C\C/C=C\C/C=C\C/C=C\CCCCCCCCCCCCCCCCCCC(=O)NC(COC1OC(CO)C(OC2OC(CO)C(OC3OC(CO)C(O)C(O)C3O)C(O)C2O)C(O)C1O)C(O)/C=C/CCCCCCCCCCCCCCCCCCCCCCCC. The van der Waals surface area contributed by atoms with E-state index in [1.54, 1.807) is 6.08 Å². The summed E-state index contributed by atoms with van der Waals surface area (Å²) in [7, 11) is 0. The lowest BCUT2D eigenvalue weighted by molar-refractivity contribution is -0.379. The fourth-order valence-electron chi connectivity index (χ4n) is 13.8. The molecule has 604 valence electrons. The molecule has 3 heterocycles. The van der Waals surface area contributed by atoms with Crippen molar-refractivity contribution in [2.45, 2.75) is 420 Å². The van der Waals surface area contributed by atoms with E-state index in [4.69, 9.17) is 28.4 Å². The zero-order valence-electron chi connectivity index (χ0n) is 64.7. The maximum atomic E-state index is 13.5. The Morgan fingerprint density at radius 1 is 0.356 bits per heavy atom. The standard InChI is InChI=1S/C85H151NO18/c1-3-5-7-9-11-13-15-17-19-21-23-25-27-29-30-31-32-33-34-35-36-37-38-39-41-43-45-47-49-51-53-55-57-59-61-63-73(91)86-68(69(90)62-60-58-56-54-52-50-48-46-44-42-40-28-26-24-22-20-18-16-14-12-10-8-6-4-2)67-99-83-79(97)76(94)81(71(65-88)101-83)104-85-80(98)77(95)82(72(66-89)102-85)103-84-78(96)75(93)74(92)70(64-87)100-84/h5,7,11,13,17,19,23,25,29-30,32-33,60,62,68-72,74-85,87-90,92-98H,3-4,6,8-10,12,14-16,18,20-22,24,26-28,31,34-59,61,63-67H2,1-2H3,(H,86,91)/b7-5-,13-11-,19-17-,25-23-,30-29-,33-32-,62-60+. The first kappa shape index (κ1) is 95.2. The van der Waals surface area contributed by atoms with Crippen LogP contribution in [0.4, 0.5) is 0 Å². The molecule has 0 aromatic carbocycles. The van der Waals surface area contributed by atoms with Crippen LogP contribution < -0.4 is 5.32 Å². The van der Waals surface area contributed by atoms with Crippen LogP contribution in [0.25, 0.3) is 0 Å². The number of unbranched alkanes of at least 4 members (excludes halogenated alkanes) is 38. The van der Waals surface area contributed by atoms with Crippen LogP contribution in [0.2, 0.25) is 0 Å².